The molecule has 1 aromatic rings. The highest BCUT2D eigenvalue weighted by molar-refractivity contribution is 5.20. The third-order valence-electron chi connectivity index (χ3n) is 4.49. The Morgan fingerprint density at radius 3 is 2.70 bits per heavy atom. The molecule has 1 aliphatic heterocycles. The van der Waals surface area contributed by atoms with E-state index in [2.05, 4.69) is 30.9 Å². The maximum Gasteiger partial charge on any atom is 0.0471 e. The summed E-state index contributed by atoms with van der Waals surface area (Å²) in [6.45, 7) is 7.91. The molecule has 0 spiro atoms. The molecule has 3 N–H and O–H groups in total. The van der Waals surface area contributed by atoms with E-state index in [4.69, 9.17) is 5.73 Å². The SMILES string of the molecule is CC(C)(CN1CCCC(CO)C1)C(N)c1ccccc1. The van der Waals surface area contributed by atoms with Gasteiger partial charge in [0.2, 0.25) is 0 Å². The van der Waals surface area contributed by atoms with Crippen LogP contribution in [0, 0.1) is 11.3 Å². The van der Waals surface area contributed by atoms with Crippen LogP contribution >= 0.6 is 0 Å². The van der Waals surface area contributed by atoms with Crippen LogP contribution in [0.25, 0.3) is 0 Å². The first-order chi connectivity index (χ1) is 9.53. The second-order valence-corrected chi connectivity index (χ2v) is 6.80. The predicted octanol–water partition coefficient (Wildman–Crippen LogP) is 2.42. The highest BCUT2D eigenvalue weighted by Gasteiger charge is 2.31. The van der Waals surface area contributed by atoms with Crippen molar-refractivity contribution in [1.82, 2.24) is 4.90 Å². The monoisotopic (exact) mass is 276 g/mol. The second kappa shape index (κ2) is 6.70. The van der Waals surface area contributed by atoms with Crippen LogP contribution < -0.4 is 5.73 Å². The van der Waals surface area contributed by atoms with Crippen molar-refractivity contribution in [2.45, 2.75) is 32.7 Å². The summed E-state index contributed by atoms with van der Waals surface area (Å²) < 4.78 is 0. The number of aliphatic hydroxyl groups is 1. The Kier molecular flexibility index (Phi) is 5.19. The number of aliphatic hydroxyl groups excluding tert-OH is 1. The molecule has 2 rings (SSSR count). The van der Waals surface area contributed by atoms with Gasteiger partial charge in [-0.05, 0) is 36.3 Å². The molecule has 1 fully saturated rings. The van der Waals surface area contributed by atoms with Crippen molar-refractivity contribution >= 4 is 0 Å². The summed E-state index contributed by atoms with van der Waals surface area (Å²) in [5.74, 6) is 0.437. The van der Waals surface area contributed by atoms with Gasteiger partial charge in [0, 0.05) is 25.7 Å². The van der Waals surface area contributed by atoms with Crippen LogP contribution in [0.2, 0.25) is 0 Å². The molecular weight excluding hydrogens is 248 g/mol. The van der Waals surface area contributed by atoms with E-state index in [0.717, 1.165) is 26.1 Å². The molecule has 0 amide bonds. The molecule has 0 bridgehead atoms. The van der Waals surface area contributed by atoms with Crippen LogP contribution in [0.15, 0.2) is 30.3 Å². The molecule has 1 saturated heterocycles. The first-order valence-corrected chi connectivity index (χ1v) is 7.66. The molecule has 0 aliphatic carbocycles. The number of nitrogens with two attached hydrogens (primary N) is 1. The lowest BCUT2D eigenvalue weighted by Crippen LogP contribution is -2.45. The maximum absolute atomic E-state index is 9.34. The number of benzene rings is 1. The summed E-state index contributed by atoms with van der Waals surface area (Å²) in [6.07, 6.45) is 2.33. The van der Waals surface area contributed by atoms with Crippen molar-refractivity contribution in [3.8, 4) is 0 Å². The molecule has 2 atom stereocenters. The van der Waals surface area contributed by atoms with E-state index >= 15 is 0 Å². The Morgan fingerprint density at radius 1 is 1.35 bits per heavy atom. The van der Waals surface area contributed by atoms with E-state index < -0.39 is 0 Å². The third-order valence-corrected chi connectivity index (χ3v) is 4.49. The minimum Gasteiger partial charge on any atom is -0.396 e. The average Bonchev–Trinajstić information content (AvgIpc) is 2.47. The van der Waals surface area contributed by atoms with Crippen LogP contribution in [-0.4, -0.2) is 36.2 Å². The minimum absolute atomic E-state index is 0.0265. The van der Waals surface area contributed by atoms with Crippen LogP contribution in [0.3, 0.4) is 0 Å². The van der Waals surface area contributed by atoms with Crippen molar-refractivity contribution in [3.05, 3.63) is 35.9 Å². The number of likely N-dealkylation sites (tertiary alicyclic amines) is 1. The minimum atomic E-state index is 0.0265. The third kappa shape index (κ3) is 3.81. The summed E-state index contributed by atoms with van der Waals surface area (Å²) >= 11 is 0. The molecule has 1 aromatic carbocycles. The molecule has 1 aliphatic rings. The van der Waals surface area contributed by atoms with E-state index in [1.165, 1.54) is 12.0 Å². The molecule has 0 radical (unpaired) electrons. The lowest BCUT2D eigenvalue weighted by atomic mass is 9.80. The number of hydrogen-bond donors (Lipinski definition) is 2. The van der Waals surface area contributed by atoms with Crippen LogP contribution in [0.1, 0.15) is 38.3 Å². The Labute approximate surface area is 122 Å². The summed E-state index contributed by atoms with van der Waals surface area (Å²) in [4.78, 5) is 2.47. The van der Waals surface area contributed by atoms with Gasteiger partial charge in [0.05, 0.1) is 0 Å². The zero-order chi connectivity index (χ0) is 14.6. The van der Waals surface area contributed by atoms with Gasteiger partial charge in [0.15, 0.2) is 0 Å². The molecule has 3 nitrogen and oxygen atoms in total. The maximum atomic E-state index is 9.34. The van der Waals surface area contributed by atoms with Crippen molar-refractivity contribution in [2.24, 2.45) is 17.1 Å². The van der Waals surface area contributed by atoms with Crippen molar-refractivity contribution in [3.63, 3.8) is 0 Å². The van der Waals surface area contributed by atoms with Crippen LogP contribution in [-0.2, 0) is 0 Å². The van der Waals surface area contributed by atoms with Crippen LogP contribution in [0.5, 0.6) is 0 Å². The van der Waals surface area contributed by atoms with Gasteiger partial charge in [-0.15, -0.1) is 0 Å². The summed E-state index contributed by atoms with van der Waals surface area (Å²) in [6, 6.07) is 10.4. The number of hydrogen-bond acceptors (Lipinski definition) is 3. The van der Waals surface area contributed by atoms with Crippen LogP contribution in [0.4, 0.5) is 0 Å². The number of piperidine rings is 1. The van der Waals surface area contributed by atoms with E-state index in [-0.39, 0.29) is 11.5 Å². The largest absolute Gasteiger partial charge is 0.396 e. The molecule has 20 heavy (non-hydrogen) atoms. The standard InChI is InChI=1S/C17H28N2O/c1-17(2,16(18)15-8-4-3-5-9-15)13-19-10-6-7-14(11-19)12-20/h3-5,8-9,14,16,20H,6-7,10-13,18H2,1-2H3. The highest BCUT2D eigenvalue weighted by atomic mass is 16.3. The Hall–Kier alpha value is -0.900. The van der Waals surface area contributed by atoms with Gasteiger partial charge in [0.1, 0.15) is 0 Å². The van der Waals surface area contributed by atoms with Gasteiger partial charge >= 0.3 is 0 Å². The molecule has 0 aromatic heterocycles. The average molecular weight is 276 g/mol. The topological polar surface area (TPSA) is 49.5 Å². The Bertz CT molecular complexity index is 405. The first kappa shape index (κ1) is 15.5. The lowest BCUT2D eigenvalue weighted by molar-refractivity contribution is 0.0801. The van der Waals surface area contributed by atoms with Crippen molar-refractivity contribution < 1.29 is 5.11 Å². The van der Waals surface area contributed by atoms with E-state index in [9.17, 15) is 5.11 Å². The quantitative estimate of drug-likeness (QED) is 0.868. The smallest absolute Gasteiger partial charge is 0.0471 e. The van der Waals surface area contributed by atoms with Gasteiger partial charge in [-0.1, -0.05) is 44.2 Å². The van der Waals surface area contributed by atoms with Crippen molar-refractivity contribution in [2.75, 3.05) is 26.2 Å². The van der Waals surface area contributed by atoms with E-state index in [1.54, 1.807) is 0 Å². The predicted molar refractivity (Wildman–Crippen MR) is 83.4 cm³/mol. The fraction of sp³-hybridized carbons (Fsp3) is 0.647. The highest BCUT2D eigenvalue weighted by Crippen LogP contribution is 2.33. The van der Waals surface area contributed by atoms with Gasteiger partial charge < -0.3 is 15.7 Å². The summed E-state index contributed by atoms with van der Waals surface area (Å²) in [7, 11) is 0. The fourth-order valence-corrected chi connectivity index (χ4v) is 3.23. The zero-order valence-corrected chi connectivity index (χ0v) is 12.8. The van der Waals surface area contributed by atoms with E-state index in [1.807, 2.05) is 18.2 Å². The summed E-state index contributed by atoms with van der Waals surface area (Å²) in [5.41, 5.74) is 7.71. The second-order valence-electron chi connectivity index (χ2n) is 6.80. The Morgan fingerprint density at radius 2 is 2.05 bits per heavy atom. The number of nitrogens with zero attached hydrogens (tertiary/aromatic N) is 1. The van der Waals surface area contributed by atoms with Gasteiger partial charge in [-0.2, -0.15) is 0 Å². The van der Waals surface area contributed by atoms with Gasteiger partial charge in [-0.25, -0.2) is 0 Å². The number of rotatable bonds is 5. The van der Waals surface area contributed by atoms with E-state index in [0.29, 0.717) is 12.5 Å². The fourth-order valence-electron chi connectivity index (χ4n) is 3.23. The molecule has 2 unspecified atom stereocenters. The normalized spacial score (nSPS) is 22.7. The molecule has 3 heteroatoms. The Balaban J connectivity index is 1.99. The zero-order valence-electron chi connectivity index (χ0n) is 12.8. The molecule has 0 saturated carbocycles. The molecular formula is C17H28N2O. The summed E-state index contributed by atoms with van der Waals surface area (Å²) in [5, 5.41) is 9.34. The lowest BCUT2D eigenvalue weighted by Gasteiger charge is -2.40. The molecule has 1 heterocycles. The van der Waals surface area contributed by atoms with Gasteiger partial charge in [-0.3, -0.25) is 0 Å². The first-order valence-electron chi connectivity index (χ1n) is 7.66. The van der Waals surface area contributed by atoms with Crippen molar-refractivity contribution in [1.29, 1.82) is 0 Å². The van der Waals surface area contributed by atoms with Gasteiger partial charge in [0.25, 0.3) is 0 Å². The molecule has 112 valence electrons.